The van der Waals surface area contributed by atoms with Crippen LogP contribution >= 0.6 is 0 Å². The van der Waals surface area contributed by atoms with Crippen LogP contribution in [0.15, 0.2) is 35.4 Å². The fourth-order valence-corrected chi connectivity index (χ4v) is 1.52. The van der Waals surface area contributed by atoms with Crippen molar-refractivity contribution in [2.75, 3.05) is 5.43 Å². The standard InChI is InChI=1S/C13H7F4N3O2/c14-9-5-10(15)12(17)13(11(9)16)19-18-6-7-1-3-8(4-2-7)20(21)22/h1-6,19H. The minimum Gasteiger partial charge on any atom is -0.272 e. The Hall–Kier alpha value is -2.97. The van der Waals surface area contributed by atoms with Crippen LogP contribution in [0.1, 0.15) is 5.56 Å². The maximum absolute atomic E-state index is 13.3. The monoisotopic (exact) mass is 313 g/mol. The van der Waals surface area contributed by atoms with Gasteiger partial charge in [-0.25, -0.2) is 17.6 Å². The summed E-state index contributed by atoms with van der Waals surface area (Å²) in [7, 11) is 0. The van der Waals surface area contributed by atoms with Gasteiger partial charge < -0.3 is 0 Å². The highest BCUT2D eigenvalue weighted by atomic mass is 19.2. The first-order valence-corrected chi connectivity index (χ1v) is 5.76. The van der Waals surface area contributed by atoms with Crippen molar-refractivity contribution >= 4 is 17.6 Å². The van der Waals surface area contributed by atoms with Crippen LogP contribution in [0.5, 0.6) is 0 Å². The summed E-state index contributed by atoms with van der Waals surface area (Å²) in [5, 5.41) is 13.9. The normalized spacial score (nSPS) is 10.9. The molecule has 0 atom stereocenters. The average Bonchev–Trinajstić information content (AvgIpc) is 2.49. The van der Waals surface area contributed by atoms with Gasteiger partial charge in [0, 0.05) is 18.2 Å². The lowest BCUT2D eigenvalue weighted by Crippen LogP contribution is -2.02. The third kappa shape index (κ3) is 3.19. The number of non-ortho nitro benzene ring substituents is 1. The van der Waals surface area contributed by atoms with E-state index >= 15 is 0 Å². The molecular weight excluding hydrogens is 306 g/mol. The van der Waals surface area contributed by atoms with E-state index in [2.05, 4.69) is 5.10 Å². The first-order chi connectivity index (χ1) is 10.4. The number of anilines is 1. The lowest BCUT2D eigenvalue weighted by Gasteiger charge is -2.05. The lowest BCUT2D eigenvalue weighted by atomic mass is 10.2. The predicted octanol–water partition coefficient (Wildman–Crippen LogP) is 3.60. The maximum atomic E-state index is 13.3. The zero-order valence-electron chi connectivity index (χ0n) is 10.7. The Morgan fingerprint density at radius 3 is 2.09 bits per heavy atom. The largest absolute Gasteiger partial charge is 0.272 e. The zero-order valence-corrected chi connectivity index (χ0v) is 10.7. The Kier molecular flexibility index (Phi) is 4.35. The Labute approximate surface area is 121 Å². The minimum absolute atomic E-state index is 0.0793. The summed E-state index contributed by atoms with van der Waals surface area (Å²) >= 11 is 0. The van der Waals surface area contributed by atoms with Crippen molar-refractivity contribution in [3.05, 3.63) is 69.3 Å². The SMILES string of the molecule is O=[N+]([O-])c1ccc(C=NNc2c(F)c(F)cc(F)c2F)cc1. The molecule has 0 heterocycles. The third-order valence-electron chi connectivity index (χ3n) is 2.61. The average molecular weight is 313 g/mol. The first-order valence-electron chi connectivity index (χ1n) is 5.76. The van der Waals surface area contributed by atoms with Gasteiger partial charge in [-0.15, -0.1) is 0 Å². The maximum Gasteiger partial charge on any atom is 0.269 e. The number of halogens is 4. The van der Waals surface area contributed by atoms with E-state index in [0.29, 0.717) is 5.56 Å². The molecule has 1 N–H and O–H groups in total. The second-order valence-electron chi connectivity index (χ2n) is 4.06. The van der Waals surface area contributed by atoms with Gasteiger partial charge in [-0.2, -0.15) is 5.10 Å². The van der Waals surface area contributed by atoms with E-state index in [9.17, 15) is 27.7 Å². The number of nitrogens with one attached hydrogen (secondary N) is 1. The highest BCUT2D eigenvalue weighted by Crippen LogP contribution is 2.24. The van der Waals surface area contributed by atoms with Crippen molar-refractivity contribution in [1.82, 2.24) is 0 Å². The van der Waals surface area contributed by atoms with Crippen molar-refractivity contribution in [2.24, 2.45) is 5.10 Å². The summed E-state index contributed by atoms with van der Waals surface area (Å²) in [4.78, 5) is 9.86. The van der Waals surface area contributed by atoms with E-state index in [0.717, 1.165) is 6.21 Å². The fraction of sp³-hybridized carbons (Fsp3) is 0. The topological polar surface area (TPSA) is 67.5 Å². The molecule has 2 aromatic carbocycles. The molecular formula is C13H7F4N3O2. The number of nitro benzene ring substituents is 1. The van der Waals surface area contributed by atoms with Gasteiger partial charge in [0.1, 0.15) is 5.69 Å². The van der Waals surface area contributed by atoms with Gasteiger partial charge in [0.2, 0.25) is 0 Å². The second kappa shape index (κ2) is 6.20. The molecule has 2 aromatic rings. The molecule has 0 aliphatic carbocycles. The molecule has 0 aromatic heterocycles. The molecule has 0 aliphatic heterocycles. The molecule has 0 saturated carbocycles. The van der Waals surface area contributed by atoms with Gasteiger partial charge in [-0.05, 0) is 17.7 Å². The summed E-state index contributed by atoms with van der Waals surface area (Å²) in [6.07, 6.45) is 1.07. The molecule has 0 unspecified atom stereocenters. The molecule has 0 saturated heterocycles. The third-order valence-corrected chi connectivity index (χ3v) is 2.61. The molecule has 5 nitrogen and oxygen atoms in total. The van der Waals surface area contributed by atoms with Crippen molar-refractivity contribution in [1.29, 1.82) is 0 Å². The van der Waals surface area contributed by atoms with Crippen LogP contribution < -0.4 is 5.43 Å². The number of rotatable bonds is 4. The summed E-state index contributed by atoms with van der Waals surface area (Å²) < 4.78 is 52.5. The van der Waals surface area contributed by atoms with Crippen molar-refractivity contribution < 1.29 is 22.5 Å². The van der Waals surface area contributed by atoms with Gasteiger partial charge in [0.05, 0.1) is 11.1 Å². The number of hydrogen-bond acceptors (Lipinski definition) is 4. The van der Waals surface area contributed by atoms with E-state index in [1.54, 1.807) is 0 Å². The van der Waals surface area contributed by atoms with E-state index in [1.165, 1.54) is 24.3 Å². The van der Waals surface area contributed by atoms with E-state index in [4.69, 9.17) is 0 Å². The number of benzene rings is 2. The molecule has 0 spiro atoms. The highest BCUT2D eigenvalue weighted by molar-refractivity contribution is 5.80. The Balaban J connectivity index is 2.18. The summed E-state index contributed by atoms with van der Waals surface area (Å²) in [6.45, 7) is 0. The van der Waals surface area contributed by atoms with Crippen molar-refractivity contribution in [2.45, 2.75) is 0 Å². The van der Waals surface area contributed by atoms with Gasteiger partial charge >= 0.3 is 0 Å². The van der Waals surface area contributed by atoms with Gasteiger partial charge in [0.25, 0.3) is 5.69 Å². The zero-order chi connectivity index (χ0) is 16.3. The van der Waals surface area contributed by atoms with Gasteiger partial charge in [0.15, 0.2) is 23.3 Å². The lowest BCUT2D eigenvalue weighted by molar-refractivity contribution is -0.384. The van der Waals surface area contributed by atoms with Gasteiger partial charge in [-0.1, -0.05) is 0 Å². The molecule has 0 aliphatic rings. The Morgan fingerprint density at radius 1 is 1.05 bits per heavy atom. The molecule has 2 rings (SSSR count). The minimum atomic E-state index is -1.61. The van der Waals surface area contributed by atoms with Crippen LogP contribution in [0.4, 0.5) is 28.9 Å². The van der Waals surface area contributed by atoms with Gasteiger partial charge in [-0.3, -0.25) is 15.5 Å². The van der Waals surface area contributed by atoms with Crippen LogP contribution in [-0.4, -0.2) is 11.1 Å². The molecule has 0 fully saturated rings. The number of hydrazone groups is 1. The number of nitro groups is 1. The summed E-state index contributed by atoms with van der Waals surface area (Å²) in [5.41, 5.74) is 1.01. The molecule has 22 heavy (non-hydrogen) atoms. The molecule has 0 amide bonds. The number of nitrogens with zero attached hydrogens (tertiary/aromatic N) is 2. The summed E-state index contributed by atoms with van der Waals surface area (Å²) in [5.74, 6) is -6.35. The van der Waals surface area contributed by atoms with Crippen LogP contribution in [0.25, 0.3) is 0 Å². The van der Waals surface area contributed by atoms with E-state index in [-0.39, 0.29) is 11.8 Å². The second-order valence-corrected chi connectivity index (χ2v) is 4.06. The predicted molar refractivity (Wildman–Crippen MR) is 70.6 cm³/mol. The highest BCUT2D eigenvalue weighted by Gasteiger charge is 2.18. The quantitative estimate of drug-likeness (QED) is 0.308. The van der Waals surface area contributed by atoms with Crippen LogP contribution in [0, 0.1) is 33.4 Å². The van der Waals surface area contributed by atoms with Crippen LogP contribution in [0.3, 0.4) is 0 Å². The first kappa shape index (κ1) is 15.4. The molecule has 0 bridgehead atoms. The molecule has 114 valence electrons. The number of hydrogen-bond donors (Lipinski definition) is 1. The van der Waals surface area contributed by atoms with E-state index < -0.39 is 33.9 Å². The Bertz CT molecular complexity index is 722. The van der Waals surface area contributed by atoms with Crippen molar-refractivity contribution in [3.63, 3.8) is 0 Å². The molecule has 9 heteroatoms. The Morgan fingerprint density at radius 2 is 1.59 bits per heavy atom. The fourth-order valence-electron chi connectivity index (χ4n) is 1.52. The van der Waals surface area contributed by atoms with E-state index in [1.807, 2.05) is 5.43 Å². The van der Waals surface area contributed by atoms with Crippen LogP contribution in [-0.2, 0) is 0 Å². The molecule has 0 radical (unpaired) electrons. The summed E-state index contributed by atoms with van der Waals surface area (Å²) in [6, 6.07) is 5.15. The smallest absolute Gasteiger partial charge is 0.269 e. The van der Waals surface area contributed by atoms with Crippen molar-refractivity contribution in [3.8, 4) is 0 Å². The van der Waals surface area contributed by atoms with Crippen LogP contribution in [0.2, 0.25) is 0 Å².